The Morgan fingerprint density at radius 1 is 1.10 bits per heavy atom. The second-order valence-electron chi connectivity index (χ2n) is 4.76. The van der Waals surface area contributed by atoms with Crippen LogP contribution in [0.1, 0.15) is 26.8 Å². The van der Waals surface area contributed by atoms with E-state index >= 15 is 0 Å². The number of carbonyl (C=O) groups excluding carboxylic acids is 1. The minimum Gasteiger partial charge on any atom is -0.294 e. The normalized spacial score (nSPS) is 10.9. The minimum atomic E-state index is 0.0778. The van der Waals surface area contributed by atoms with E-state index in [1.54, 1.807) is 11.3 Å². The summed E-state index contributed by atoms with van der Waals surface area (Å²) in [6, 6.07) is 11.7. The van der Waals surface area contributed by atoms with Crippen LogP contribution in [0.4, 0.5) is 0 Å². The number of aryl methyl sites for hydroxylation is 2. The Morgan fingerprint density at radius 3 is 2.65 bits per heavy atom. The van der Waals surface area contributed by atoms with Crippen LogP contribution < -0.4 is 0 Å². The zero-order valence-corrected chi connectivity index (χ0v) is 12.2. The molecule has 0 fully saturated rings. The fraction of sp³-hybridized carbons (Fsp3) is 0.188. The van der Waals surface area contributed by atoms with Gasteiger partial charge in [-0.2, -0.15) is 0 Å². The van der Waals surface area contributed by atoms with Crippen LogP contribution in [0.15, 0.2) is 36.4 Å². The maximum Gasteiger partial charge on any atom is 0.171 e. The Kier molecular flexibility index (Phi) is 3.32. The summed E-state index contributed by atoms with van der Waals surface area (Å²) in [5, 5.41) is 0.858. The van der Waals surface area contributed by atoms with Crippen molar-refractivity contribution in [3.63, 3.8) is 0 Å². The number of para-hydroxylation sites is 1. The van der Waals surface area contributed by atoms with Crippen molar-refractivity contribution in [3.05, 3.63) is 58.4 Å². The molecular weight excluding hydrogens is 268 g/mol. The second kappa shape index (κ2) is 5.13. The number of nitrogens with zero attached hydrogens (tertiary/aromatic N) is 2. The van der Waals surface area contributed by atoms with Gasteiger partial charge < -0.3 is 0 Å². The van der Waals surface area contributed by atoms with Gasteiger partial charge in [0.2, 0.25) is 0 Å². The molecular formula is C16H14N2OS. The molecule has 3 rings (SSSR count). The molecule has 1 aromatic carbocycles. The monoisotopic (exact) mass is 282 g/mol. The number of hydrogen-bond donors (Lipinski definition) is 0. The van der Waals surface area contributed by atoms with Gasteiger partial charge in [-0.1, -0.05) is 12.1 Å². The van der Waals surface area contributed by atoms with E-state index in [1.807, 2.05) is 50.2 Å². The molecule has 0 aliphatic rings. The number of ketones is 1. The van der Waals surface area contributed by atoms with Gasteiger partial charge in [0.25, 0.3) is 0 Å². The lowest BCUT2D eigenvalue weighted by Gasteiger charge is -2.03. The van der Waals surface area contributed by atoms with E-state index in [-0.39, 0.29) is 5.78 Å². The van der Waals surface area contributed by atoms with E-state index in [0.717, 1.165) is 26.6 Å². The Labute approximate surface area is 121 Å². The highest BCUT2D eigenvalue weighted by Crippen LogP contribution is 2.23. The zero-order chi connectivity index (χ0) is 14.1. The number of benzene rings is 1. The largest absolute Gasteiger partial charge is 0.294 e. The summed E-state index contributed by atoms with van der Waals surface area (Å²) < 4.78 is 1.12. The molecule has 0 unspecified atom stereocenters. The van der Waals surface area contributed by atoms with Gasteiger partial charge in [0.05, 0.1) is 16.6 Å². The minimum absolute atomic E-state index is 0.0778. The van der Waals surface area contributed by atoms with E-state index in [0.29, 0.717) is 12.0 Å². The average molecular weight is 282 g/mol. The Morgan fingerprint density at radius 2 is 1.90 bits per heavy atom. The molecule has 0 aliphatic heterocycles. The number of carbonyl (C=O) groups is 1. The van der Waals surface area contributed by atoms with Crippen LogP contribution in [0, 0.1) is 13.8 Å². The van der Waals surface area contributed by atoms with Crippen LogP contribution in [0.2, 0.25) is 0 Å². The lowest BCUT2D eigenvalue weighted by molar-refractivity contribution is 0.0992. The van der Waals surface area contributed by atoms with Gasteiger partial charge in [0.15, 0.2) is 5.78 Å². The molecule has 0 spiro atoms. The third-order valence-electron chi connectivity index (χ3n) is 3.18. The smallest absolute Gasteiger partial charge is 0.171 e. The lowest BCUT2D eigenvalue weighted by atomic mass is 10.1. The van der Waals surface area contributed by atoms with Gasteiger partial charge in [-0.3, -0.25) is 9.78 Å². The van der Waals surface area contributed by atoms with Gasteiger partial charge in [0.1, 0.15) is 5.01 Å². The SMILES string of the molecule is Cc1ccc(C(=O)Cc2nc3ccccc3s2)c(C)n1. The van der Waals surface area contributed by atoms with Crippen LogP contribution in [0.5, 0.6) is 0 Å². The Balaban J connectivity index is 1.88. The van der Waals surface area contributed by atoms with Crippen LogP contribution in [-0.4, -0.2) is 15.8 Å². The van der Waals surface area contributed by atoms with Crippen molar-refractivity contribution in [1.29, 1.82) is 0 Å². The first-order chi connectivity index (χ1) is 9.63. The predicted molar refractivity (Wildman–Crippen MR) is 81.4 cm³/mol. The summed E-state index contributed by atoms with van der Waals surface area (Å²) in [5.74, 6) is 0.0778. The summed E-state index contributed by atoms with van der Waals surface area (Å²) in [7, 11) is 0. The highest BCUT2D eigenvalue weighted by atomic mass is 32.1. The molecule has 0 bridgehead atoms. The lowest BCUT2D eigenvalue weighted by Crippen LogP contribution is -2.07. The summed E-state index contributed by atoms with van der Waals surface area (Å²) in [4.78, 5) is 21.2. The van der Waals surface area contributed by atoms with Crippen molar-refractivity contribution in [3.8, 4) is 0 Å². The number of thiazole rings is 1. The average Bonchev–Trinajstić information content (AvgIpc) is 2.80. The predicted octanol–water partition coefficient (Wildman–Crippen LogP) is 3.73. The maximum absolute atomic E-state index is 12.3. The molecule has 0 N–H and O–H groups in total. The van der Waals surface area contributed by atoms with Gasteiger partial charge >= 0.3 is 0 Å². The molecule has 2 aromatic heterocycles. The molecule has 0 saturated carbocycles. The molecule has 3 aromatic rings. The first-order valence-corrected chi connectivity index (χ1v) is 7.27. The molecule has 2 heterocycles. The second-order valence-corrected chi connectivity index (χ2v) is 5.88. The molecule has 4 heteroatoms. The molecule has 0 atom stereocenters. The quantitative estimate of drug-likeness (QED) is 0.687. The first kappa shape index (κ1) is 12.9. The molecule has 0 aliphatic carbocycles. The molecule has 100 valence electrons. The number of Topliss-reactive ketones (excluding diaryl/α,β-unsaturated/α-hetero) is 1. The number of aromatic nitrogens is 2. The van der Waals surface area contributed by atoms with Crippen molar-refractivity contribution in [1.82, 2.24) is 9.97 Å². The standard InChI is InChI=1S/C16H14N2OS/c1-10-7-8-12(11(2)17-10)14(19)9-16-18-13-5-3-4-6-15(13)20-16/h3-8H,9H2,1-2H3. The highest BCUT2D eigenvalue weighted by Gasteiger charge is 2.13. The number of hydrogen-bond acceptors (Lipinski definition) is 4. The van der Waals surface area contributed by atoms with E-state index in [4.69, 9.17) is 0 Å². The third-order valence-corrected chi connectivity index (χ3v) is 4.21. The molecule has 3 nitrogen and oxygen atoms in total. The van der Waals surface area contributed by atoms with Crippen LogP contribution in [-0.2, 0) is 6.42 Å². The van der Waals surface area contributed by atoms with Gasteiger partial charge in [0, 0.05) is 17.0 Å². The van der Waals surface area contributed by atoms with Crippen LogP contribution >= 0.6 is 11.3 Å². The first-order valence-electron chi connectivity index (χ1n) is 6.45. The van der Waals surface area contributed by atoms with E-state index in [2.05, 4.69) is 9.97 Å². The Hall–Kier alpha value is -2.07. The molecule has 0 radical (unpaired) electrons. The fourth-order valence-corrected chi connectivity index (χ4v) is 3.18. The number of fused-ring (bicyclic) bond motifs is 1. The fourth-order valence-electron chi connectivity index (χ4n) is 2.21. The topological polar surface area (TPSA) is 42.9 Å². The molecule has 0 saturated heterocycles. The Bertz CT molecular complexity index is 759. The van der Waals surface area contributed by atoms with Gasteiger partial charge in [-0.05, 0) is 38.1 Å². The van der Waals surface area contributed by atoms with Crippen molar-refractivity contribution in [2.24, 2.45) is 0 Å². The van der Waals surface area contributed by atoms with Crippen molar-refractivity contribution < 1.29 is 4.79 Å². The van der Waals surface area contributed by atoms with E-state index in [1.165, 1.54) is 0 Å². The van der Waals surface area contributed by atoms with Crippen molar-refractivity contribution >= 4 is 27.3 Å². The van der Waals surface area contributed by atoms with Crippen molar-refractivity contribution in [2.75, 3.05) is 0 Å². The summed E-state index contributed by atoms with van der Waals surface area (Å²) in [5.41, 5.74) is 3.36. The van der Waals surface area contributed by atoms with Gasteiger partial charge in [-0.25, -0.2) is 4.98 Å². The molecule has 0 amide bonds. The number of rotatable bonds is 3. The van der Waals surface area contributed by atoms with Crippen LogP contribution in [0.3, 0.4) is 0 Å². The highest BCUT2D eigenvalue weighted by molar-refractivity contribution is 7.18. The number of pyridine rings is 1. The van der Waals surface area contributed by atoms with Crippen molar-refractivity contribution in [2.45, 2.75) is 20.3 Å². The third kappa shape index (κ3) is 2.47. The summed E-state index contributed by atoms with van der Waals surface area (Å²) in [6.45, 7) is 3.80. The van der Waals surface area contributed by atoms with Gasteiger partial charge in [-0.15, -0.1) is 11.3 Å². The summed E-state index contributed by atoms with van der Waals surface area (Å²) >= 11 is 1.58. The van der Waals surface area contributed by atoms with E-state index in [9.17, 15) is 4.79 Å². The summed E-state index contributed by atoms with van der Waals surface area (Å²) in [6.07, 6.45) is 0.338. The maximum atomic E-state index is 12.3. The van der Waals surface area contributed by atoms with Crippen LogP contribution in [0.25, 0.3) is 10.2 Å². The zero-order valence-electron chi connectivity index (χ0n) is 11.4. The molecule has 20 heavy (non-hydrogen) atoms. The van der Waals surface area contributed by atoms with E-state index < -0.39 is 0 Å².